The van der Waals surface area contributed by atoms with Crippen LogP contribution in [0.4, 0.5) is 0 Å². The SMILES string of the molecule is CCCCCCCCCCCCCCCC(=O)OCc1ccccc1C(=O)O. The highest BCUT2D eigenvalue weighted by atomic mass is 16.5. The molecule has 1 N–H and O–H groups in total. The lowest BCUT2D eigenvalue weighted by Crippen LogP contribution is -2.08. The molecule has 1 aromatic rings. The van der Waals surface area contributed by atoms with Gasteiger partial charge in [-0.15, -0.1) is 0 Å². The topological polar surface area (TPSA) is 63.6 Å². The van der Waals surface area contributed by atoms with Crippen molar-refractivity contribution in [3.8, 4) is 0 Å². The van der Waals surface area contributed by atoms with Crippen LogP contribution in [-0.4, -0.2) is 17.0 Å². The Kier molecular flexibility index (Phi) is 14.0. The van der Waals surface area contributed by atoms with Crippen molar-refractivity contribution in [2.24, 2.45) is 0 Å². The molecule has 0 atom stereocenters. The molecule has 158 valence electrons. The number of hydrogen-bond acceptors (Lipinski definition) is 3. The lowest BCUT2D eigenvalue weighted by molar-refractivity contribution is -0.145. The molecule has 0 bridgehead atoms. The van der Waals surface area contributed by atoms with Gasteiger partial charge in [-0.1, -0.05) is 102 Å². The summed E-state index contributed by atoms with van der Waals surface area (Å²) >= 11 is 0. The van der Waals surface area contributed by atoms with Crippen molar-refractivity contribution in [3.05, 3.63) is 35.4 Å². The summed E-state index contributed by atoms with van der Waals surface area (Å²) in [5, 5.41) is 9.13. The molecule has 1 aromatic carbocycles. The number of ether oxygens (including phenoxy) is 1. The molecule has 0 saturated carbocycles. The average Bonchev–Trinajstić information content (AvgIpc) is 2.70. The molecule has 1 rings (SSSR count). The van der Waals surface area contributed by atoms with E-state index >= 15 is 0 Å². The number of carboxylic acid groups (broad SMARTS) is 1. The van der Waals surface area contributed by atoms with Gasteiger partial charge in [-0.25, -0.2) is 4.79 Å². The third-order valence-electron chi connectivity index (χ3n) is 5.12. The predicted octanol–water partition coefficient (Wildman–Crippen LogP) is 6.91. The van der Waals surface area contributed by atoms with Gasteiger partial charge in [0.25, 0.3) is 0 Å². The van der Waals surface area contributed by atoms with Gasteiger partial charge in [-0.3, -0.25) is 4.79 Å². The average molecular weight is 391 g/mol. The Morgan fingerprint density at radius 3 is 1.82 bits per heavy atom. The summed E-state index contributed by atoms with van der Waals surface area (Å²) in [6.07, 6.45) is 17.0. The van der Waals surface area contributed by atoms with Gasteiger partial charge in [0.15, 0.2) is 0 Å². The fourth-order valence-electron chi connectivity index (χ4n) is 3.37. The third kappa shape index (κ3) is 11.8. The molecule has 28 heavy (non-hydrogen) atoms. The van der Waals surface area contributed by atoms with Gasteiger partial charge in [0.2, 0.25) is 0 Å². The number of aromatic carboxylic acids is 1. The van der Waals surface area contributed by atoms with E-state index in [1.54, 1.807) is 18.2 Å². The number of unbranched alkanes of at least 4 members (excludes halogenated alkanes) is 12. The highest BCUT2D eigenvalue weighted by molar-refractivity contribution is 5.89. The van der Waals surface area contributed by atoms with E-state index in [1.165, 1.54) is 76.7 Å². The Bertz CT molecular complexity index is 553. The zero-order valence-corrected chi connectivity index (χ0v) is 17.6. The Morgan fingerprint density at radius 2 is 1.29 bits per heavy atom. The maximum absolute atomic E-state index is 11.8. The van der Waals surface area contributed by atoms with Gasteiger partial charge in [0.1, 0.15) is 6.61 Å². The van der Waals surface area contributed by atoms with Crippen LogP contribution in [0.15, 0.2) is 24.3 Å². The maximum Gasteiger partial charge on any atom is 0.336 e. The number of carbonyl (C=O) groups is 2. The van der Waals surface area contributed by atoms with Crippen LogP contribution in [0.1, 0.15) is 113 Å². The van der Waals surface area contributed by atoms with Gasteiger partial charge in [-0.05, 0) is 12.5 Å². The normalized spacial score (nSPS) is 10.8. The second-order valence-corrected chi connectivity index (χ2v) is 7.62. The number of carboxylic acids is 1. The van der Waals surface area contributed by atoms with Gasteiger partial charge in [0.05, 0.1) is 5.56 Å². The van der Waals surface area contributed by atoms with Crippen molar-refractivity contribution in [3.63, 3.8) is 0 Å². The second-order valence-electron chi connectivity index (χ2n) is 7.62. The quantitative estimate of drug-likeness (QED) is 0.232. The summed E-state index contributed by atoms with van der Waals surface area (Å²) in [6.45, 7) is 2.28. The van der Waals surface area contributed by atoms with Crippen LogP contribution in [0.2, 0.25) is 0 Å². The van der Waals surface area contributed by atoms with E-state index in [9.17, 15) is 9.59 Å². The largest absolute Gasteiger partial charge is 0.478 e. The first kappa shape index (κ1) is 24.2. The van der Waals surface area contributed by atoms with Crippen LogP contribution in [0.5, 0.6) is 0 Å². The number of rotatable bonds is 17. The standard InChI is InChI=1S/C24H38O4/c1-2-3-4-5-6-7-8-9-10-11-12-13-14-19-23(25)28-20-21-17-15-16-18-22(21)24(26)27/h15-18H,2-14,19-20H2,1H3,(H,26,27). The predicted molar refractivity (Wildman–Crippen MR) is 114 cm³/mol. The molecule has 0 aliphatic rings. The van der Waals surface area contributed by atoms with Crippen molar-refractivity contribution in [2.45, 2.75) is 103 Å². The van der Waals surface area contributed by atoms with Crippen LogP contribution >= 0.6 is 0 Å². The van der Waals surface area contributed by atoms with E-state index in [2.05, 4.69) is 6.92 Å². The number of hydrogen-bond donors (Lipinski definition) is 1. The first-order valence-corrected chi connectivity index (χ1v) is 11.1. The lowest BCUT2D eigenvalue weighted by Gasteiger charge is -2.07. The van der Waals surface area contributed by atoms with Crippen molar-refractivity contribution >= 4 is 11.9 Å². The van der Waals surface area contributed by atoms with E-state index in [0.717, 1.165) is 12.8 Å². The molecule has 0 amide bonds. The first-order valence-electron chi connectivity index (χ1n) is 11.1. The van der Waals surface area contributed by atoms with Crippen LogP contribution in [0.3, 0.4) is 0 Å². The smallest absolute Gasteiger partial charge is 0.336 e. The number of carbonyl (C=O) groups excluding carboxylic acids is 1. The molecule has 0 aliphatic carbocycles. The molecule has 4 nitrogen and oxygen atoms in total. The maximum atomic E-state index is 11.8. The zero-order chi connectivity index (χ0) is 20.5. The van der Waals surface area contributed by atoms with Gasteiger partial charge < -0.3 is 9.84 Å². The summed E-state index contributed by atoms with van der Waals surface area (Å²) in [7, 11) is 0. The fraction of sp³-hybridized carbons (Fsp3) is 0.667. The Balaban J connectivity index is 1.95. The highest BCUT2D eigenvalue weighted by Gasteiger charge is 2.11. The summed E-state index contributed by atoms with van der Waals surface area (Å²) in [5.74, 6) is -1.24. The Hall–Kier alpha value is -1.84. The first-order chi connectivity index (χ1) is 13.6. The molecule has 0 aromatic heterocycles. The third-order valence-corrected chi connectivity index (χ3v) is 5.12. The zero-order valence-electron chi connectivity index (χ0n) is 17.6. The number of benzene rings is 1. The molecule has 0 saturated heterocycles. The van der Waals surface area contributed by atoms with Gasteiger partial charge >= 0.3 is 11.9 Å². The molecule has 0 radical (unpaired) electrons. The Morgan fingerprint density at radius 1 is 0.786 bits per heavy atom. The number of esters is 1. The molecule has 0 unspecified atom stereocenters. The van der Waals surface area contributed by atoms with Gasteiger partial charge in [-0.2, -0.15) is 0 Å². The van der Waals surface area contributed by atoms with Crippen LogP contribution < -0.4 is 0 Å². The molecule has 4 heteroatoms. The molecular formula is C24H38O4. The van der Waals surface area contributed by atoms with E-state index in [0.29, 0.717) is 12.0 Å². The van der Waals surface area contributed by atoms with E-state index in [4.69, 9.17) is 9.84 Å². The highest BCUT2D eigenvalue weighted by Crippen LogP contribution is 2.14. The van der Waals surface area contributed by atoms with Crippen LogP contribution in [0.25, 0.3) is 0 Å². The monoisotopic (exact) mass is 390 g/mol. The summed E-state index contributed by atoms with van der Waals surface area (Å²) in [6, 6.07) is 6.63. The second kappa shape index (κ2) is 16.1. The minimum Gasteiger partial charge on any atom is -0.478 e. The van der Waals surface area contributed by atoms with Crippen molar-refractivity contribution in [2.75, 3.05) is 0 Å². The van der Waals surface area contributed by atoms with E-state index in [1.807, 2.05) is 0 Å². The summed E-state index contributed by atoms with van der Waals surface area (Å²) in [5.41, 5.74) is 0.727. The van der Waals surface area contributed by atoms with Crippen LogP contribution in [-0.2, 0) is 16.1 Å². The minimum atomic E-state index is -0.997. The van der Waals surface area contributed by atoms with Crippen molar-refractivity contribution < 1.29 is 19.4 Å². The van der Waals surface area contributed by atoms with Crippen LogP contribution in [0, 0.1) is 0 Å². The summed E-state index contributed by atoms with van der Waals surface area (Å²) in [4.78, 5) is 23.0. The molecule has 0 aliphatic heterocycles. The lowest BCUT2D eigenvalue weighted by atomic mass is 10.0. The molecular weight excluding hydrogens is 352 g/mol. The minimum absolute atomic E-state index is 0.0275. The molecule has 0 spiro atoms. The molecule has 0 fully saturated rings. The fourth-order valence-corrected chi connectivity index (χ4v) is 3.37. The Labute approximate surface area is 170 Å². The van der Waals surface area contributed by atoms with Crippen molar-refractivity contribution in [1.29, 1.82) is 0 Å². The van der Waals surface area contributed by atoms with E-state index < -0.39 is 5.97 Å². The van der Waals surface area contributed by atoms with E-state index in [-0.39, 0.29) is 18.1 Å². The van der Waals surface area contributed by atoms with Crippen molar-refractivity contribution in [1.82, 2.24) is 0 Å². The van der Waals surface area contributed by atoms with Gasteiger partial charge in [0, 0.05) is 12.0 Å². The molecule has 0 heterocycles. The summed E-state index contributed by atoms with van der Waals surface area (Å²) < 4.78 is 5.22.